The summed E-state index contributed by atoms with van der Waals surface area (Å²) < 4.78 is 13.7. The highest BCUT2D eigenvalue weighted by Gasteiger charge is 2.15. The Balaban J connectivity index is 1.69. The third-order valence-electron chi connectivity index (χ3n) is 4.64. The van der Waals surface area contributed by atoms with Crippen LogP contribution in [0.3, 0.4) is 0 Å². The van der Waals surface area contributed by atoms with Crippen molar-refractivity contribution in [1.29, 1.82) is 0 Å². The van der Waals surface area contributed by atoms with E-state index in [0.717, 1.165) is 47.7 Å². The van der Waals surface area contributed by atoms with Gasteiger partial charge in [0, 0.05) is 23.9 Å². The van der Waals surface area contributed by atoms with Gasteiger partial charge in [-0.25, -0.2) is 0 Å². The maximum absolute atomic E-state index is 12.7. The molecule has 1 saturated heterocycles. The second-order valence-electron chi connectivity index (χ2n) is 6.18. The van der Waals surface area contributed by atoms with Crippen molar-refractivity contribution in [3.05, 3.63) is 58.8 Å². The molecule has 1 aliphatic rings. The molecule has 3 aromatic rings. The van der Waals surface area contributed by atoms with Crippen LogP contribution in [0.15, 0.2) is 53.3 Å². The minimum absolute atomic E-state index is 0.0874. The van der Waals surface area contributed by atoms with Gasteiger partial charge in [0.15, 0.2) is 11.7 Å². The van der Waals surface area contributed by atoms with Crippen LogP contribution in [0.2, 0.25) is 0 Å². The predicted molar refractivity (Wildman–Crippen MR) is 95.3 cm³/mol. The van der Waals surface area contributed by atoms with Gasteiger partial charge in [-0.1, -0.05) is 24.3 Å². The molecule has 4 nitrogen and oxygen atoms in total. The molecule has 1 aliphatic heterocycles. The topological polar surface area (TPSA) is 40.5 Å². The quantitative estimate of drug-likeness (QED) is 0.687. The molecular formula is C20H21NO3. The van der Waals surface area contributed by atoms with E-state index in [0.29, 0.717) is 13.2 Å². The molecule has 1 aromatic heterocycles. The summed E-state index contributed by atoms with van der Waals surface area (Å²) in [6.07, 6.45) is 3.16. The standard InChI is InChI=1S/C20H21NO3/c22-20-15-7-1-3-9-17(15)21(18-10-4-2-8-16(18)20)12-14-24-19-11-5-6-13-23-19/h1-4,7-10,19H,5-6,11-14H2. The summed E-state index contributed by atoms with van der Waals surface area (Å²) >= 11 is 0. The molecule has 0 bridgehead atoms. The van der Waals surface area contributed by atoms with E-state index in [1.807, 2.05) is 48.5 Å². The van der Waals surface area contributed by atoms with Crippen molar-refractivity contribution in [2.45, 2.75) is 32.1 Å². The van der Waals surface area contributed by atoms with Crippen LogP contribution in [0.25, 0.3) is 21.8 Å². The highest BCUT2D eigenvalue weighted by Crippen LogP contribution is 2.19. The number of hydrogen-bond acceptors (Lipinski definition) is 3. The number of benzene rings is 2. The average molecular weight is 323 g/mol. The van der Waals surface area contributed by atoms with Crippen LogP contribution in [0.5, 0.6) is 0 Å². The fraction of sp³-hybridized carbons (Fsp3) is 0.350. The van der Waals surface area contributed by atoms with Crippen LogP contribution in [-0.4, -0.2) is 24.1 Å². The number of rotatable bonds is 4. The zero-order valence-corrected chi connectivity index (χ0v) is 13.6. The number of fused-ring (bicyclic) bond motifs is 2. The minimum atomic E-state index is -0.0874. The second-order valence-corrected chi connectivity index (χ2v) is 6.18. The lowest BCUT2D eigenvalue weighted by atomic mass is 10.1. The smallest absolute Gasteiger partial charge is 0.197 e. The Morgan fingerprint density at radius 2 is 1.67 bits per heavy atom. The van der Waals surface area contributed by atoms with Crippen molar-refractivity contribution < 1.29 is 9.47 Å². The predicted octanol–water partition coefficient (Wildman–Crippen LogP) is 3.70. The van der Waals surface area contributed by atoms with Crippen LogP contribution in [-0.2, 0) is 16.0 Å². The number of nitrogens with zero attached hydrogens (tertiary/aromatic N) is 1. The summed E-state index contributed by atoms with van der Waals surface area (Å²) in [6.45, 7) is 2.05. The summed E-state index contributed by atoms with van der Waals surface area (Å²) in [7, 11) is 0. The summed E-state index contributed by atoms with van der Waals surface area (Å²) in [5.41, 5.74) is 2.00. The van der Waals surface area contributed by atoms with Crippen molar-refractivity contribution in [3.63, 3.8) is 0 Å². The van der Waals surface area contributed by atoms with E-state index in [1.54, 1.807) is 0 Å². The van der Waals surface area contributed by atoms with Gasteiger partial charge in [0.2, 0.25) is 0 Å². The maximum atomic E-state index is 12.7. The van der Waals surface area contributed by atoms with Crippen LogP contribution >= 0.6 is 0 Å². The largest absolute Gasteiger partial charge is 0.353 e. The normalized spacial score (nSPS) is 18.2. The molecule has 1 unspecified atom stereocenters. The number of aromatic nitrogens is 1. The van der Waals surface area contributed by atoms with Gasteiger partial charge in [0.05, 0.1) is 17.6 Å². The van der Waals surface area contributed by atoms with Gasteiger partial charge in [0.25, 0.3) is 0 Å². The zero-order chi connectivity index (χ0) is 16.4. The summed E-state index contributed by atoms with van der Waals surface area (Å²) in [4.78, 5) is 12.7. The highest BCUT2D eigenvalue weighted by molar-refractivity contribution is 5.93. The molecule has 124 valence electrons. The van der Waals surface area contributed by atoms with Crippen molar-refractivity contribution in [2.24, 2.45) is 0 Å². The molecule has 4 rings (SSSR count). The minimum Gasteiger partial charge on any atom is -0.353 e. The molecule has 2 heterocycles. The van der Waals surface area contributed by atoms with Gasteiger partial charge in [-0.05, 0) is 43.5 Å². The summed E-state index contributed by atoms with van der Waals surface area (Å²) in [5.74, 6) is 0. The maximum Gasteiger partial charge on any atom is 0.197 e. The van der Waals surface area contributed by atoms with Gasteiger partial charge in [-0.15, -0.1) is 0 Å². The number of pyridine rings is 1. The molecule has 2 aromatic carbocycles. The molecule has 24 heavy (non-hydrogen) atoms. The van der Waals surface area contributed by atoms with E-state index in [4.69, 9.17) is 9.47 Å². The molecule has 0 aliphatic carbocycles. The van der Waals surface area contributed by atoms with Crippen molar-refractivity contribution in [3.8, 4) is 0 Å². The first-order valence-electron chi connectivity index (χ1n) is 8.58. The fourth-order valence-electron chi connectivity index (χ4n) is 3.44. The van der Waals surface area contributed by atoms with Gasteiger partial charge in [-0.2, -0.15) is 0 Å². The monoisotopic (exact) mass is 323 g/mol. The Bertz CT molecular complexity index is 850. The van der Waals surface area contributed by atoms with E-state index in [-0.39, 0.29) is 11.7 Å². The van der Waals surface area contributed by atoms with Crippen molar-refractivity contribution in [2.75, 3.05) is 13.2 Å². The number of para-hydroxylation sites is 2. The molecule has 1 atom stereocenters. The van der Waals surface area contributed by atoms with E-state index in [9.17, 15) is 4.79 Å². The average Bonchev–Trinajstić information content (AvgIpc) is 2.65. The molecule has 0 amide bonds. The second kappa shape index (κ2) is 6.75. The number of ether oxygens (including phenoxy) is 2. The Labute approximate surface area is 140 Å². The molecule has 1 fully saturated rings. The van der Waals surface area contributed by atoms with Crippen molar-refractivity contribution >= 4 is 21.8 Å². The number of hydrogen-bond donors (Lipinski definition) is 0. The summed E-state index contributed by atoms with van der Waals surface area (Å²) in [5, 5.41) is 1.51. The van der Waals surface area contributed by atoms with Gasteiger partial charge in [0.1, 0.15) is 0 Å². The Kier molecular flexibility index (Phi) is 4.32. The van der Waals surface area contributed by atoms with Crippen molar-refractivity contribution in [1.82, 2.24) is 4.57 Å². The van der Waals surface area contributed by atoms with Crippen LogP contribution in [0, 0.1) is 0 Å². The van der Waals surface area contributed by atoms with E-state index in [2.05, 4.69) is 4.57 Å². The highest BCUT2D eigenvalue weighted by atomic mass is 16.7. The van der Waals surface area contributed by atoms with Gasteiger partial charge < -0.3 is 14.0 Å². The SMILES string of the molecule is O=c1c2ccccc2n(CCOC2CCCCO2)c2ccccc12. The van der Waals surface area contributed by atoms with E-state index >= 15 is 0 Å². The molecule has 0 radical (unpaired) electrons. The summed E-state index contributed by atoms with van der Waals surface area (Å²) in [6, 6.07) is 15.6. The first-order valence-corrected chi connectivity index (χ1v) is 8.58. The zero-order valence-electron chi connectivity index (χ0n) is 13.6. The first kappa shape index (κ1) is 15.4. The van der Waals surface area contributed by atoms with E-state index in [1.165, 1.54) is 0 Å². The molecule has 4 heteroatoms. The Morgan fingerprint density at radius 3 is 2.29 bits per heavy atom. The molecular weight excluding hydrogens is 302 g/mol. The van der Waals surface area contributed by atoms with Crippen LogP contribution < -0.4 is 5.43 Å². The first-order chi connectivity index (χ1) is 11.8. The molecule has 0 saturated carbocycles. The fourth-order valence-corrected chi connectivity index (χ4v) is 3.44. The van der Waals surface area contributed by atoms with E-state index < -0.39 is 0 Å². The van der Waals surface area contributed by atoms with Crippen LogP contribution in [0.4, 0.5) is 0 Å². The van der Waals surface area contributed by atoms with Gasteiger partial charge >= 0.3 is 0 Å². The van der Waals surface area contributed by atoms with Crippen LogP contribution in [0.1, 0.15) is 19.3 Å². The molecule has 0 spiro atoms. The lowest BCUT2D eigenvalue weighted by molar-refractivity contribution is -0.163. The molecule has 0 N–H and O–H groups in total. The third kappa shape index (κ3) is 2.83. The Morgan fingerprint density at radius 1 is 1.00 bits per heavy atom. The lowest BCUT2D eigenvalue weighted by Crippen LogP contribution is -2.24. The van der Waals surface area contributed by atoms with Gasteiger partial charge in [-0.3, -0.25) is 4.79 Å². The third-order valence-corrected chi connectivity index (χ3v) is 4.64. The lowest BCUT2D eigenvalue weighted by Gasteiger charge is -2.23. The Hall–Kier alpha value is -2.17.